The zero-order valence-corrected chi connectivity index (χ0v) is 16.4. The van der Waals surface area contributed by atoms with E-state index in [2.05, 4.69) is 44.6 Å². The zero-order chi connectivity index (χ0) is 19.5. The van der Waals surface area contributed by atoms with Gasteiger partial charge in [-0.2, -0.15) is 0 Å². The van der Waals surface area contributed by atoms with Gasteiger partial charge in [-0.1, -0.05) is 41.9 Å². The molecule has 0 bridgehead atoms. The molecule has 2 aromatic carbocycles. The fraction of sp³-hybridized carbons (Fsp3) is 0.286. The Labute approximate surface area is 169 Å². The van der Waals surface area contributed by atoms with Crippen molar-refractivity contribution in [3.8, 4) is 5.69 Å². The first-order chi connectivity index (χ1) is 13.6. The first kappa shape index (κ1) is 18.7. The molecule has 4 rings (SSSR count). The van der Waals surface area contributed by atoms with Crippen LogP contribution >= 0.6 is 11.6 Å². The summed E-state index contributed by atoms with van der Waals surface area (Å²) in [6, 6.07) is 17.8. The molecule has 144 valence electrons. The van der Waals surface area contributed by atoms with Crippen molar-refractivity contribution < 1.29 is 4.79 Å². The number of rotatable bonds is 5. The van der Waals surface area contributed by atoms with Crippen LogP contribution in [0.25, 0.3) is 5.69 Å². The molecule has 1 amide bonds. The van der Waals surface area contributed by atoms with E-state index in [0.717, 1.165) is 31.7 Å². The van der Waals surface area contributed by atoms with Crippen molar-refractivity contribution in [1.29, 1.82) is 0 Å². The van der Waals surface area contributed by atoms with Crippen molar-refractivity contribution in [1.82, 2.24) is 25.0 Å². The summed E-state index contributed by atoms with van der Waals surface area (Å²) in [4.78, 5) is 19.3. The highest BCUT2D eigenvalue weighted by molar-refractivity contribution is 6.30. The van der Waals surface area contributed by atoms with Gasteiger partial charge in [0.25, 0.3) is 5.91 Å². The third kappa shape index (κ3) is 4.24. The number of amides is 1. The lowest BCUT2D eigenvalue weighted by molar-refractivity contribution is 0.0927. The fourth-order valence-electron chi connectivity index (χ4n) is 3.50. The van der Waals surface area contributed by atoms with Gasteiger partial charge in [0, 0.05) is 30.7 Å². The third-order valence-electron chi connectivity index (χ3n) is 4.90. The lowest BCUT2D eigenvalue weighted by atomic mass is 10.2. The van der Waals surface area contributed by atoms with E-state index in [1.54, 1.807) is 16.8 Å². The summed E-state index contributed by atoms with van der Waals surface area (Å²) in [7, 11) is 0. The van der Waals surface area contributed by atoms with E-state index in [1.165, 1.54) is 5.56 Å². The van der Waals surface area contributed by atoms with Crippen LogP contribution < -0.4 is 5.32 Å². The van der Waals surface area contributed by atoms with Crippen molar-refractivity contribution >= 4 is 17.5 Å². The Morgan fingerprint density at radius 1 is 1.18 bits per heavy atom. The number of benzene rings is 2. The molecule has 0 unspecified atom stereocenters. The van der Waals surface area contributed by atoms with E-state index in [9.17, 15) is 4.79 Å². The van der Waals surface area contributed by atoms with Crippen LogP contribution in [-0.4, -0.2) is 44.7 Å². The summed E-state index contributed by atoms with van der Waals surface area (Å²) in [5, 5.41) is 8.10. The van der Waals surface area contributed by atoms with E-state index in [0.29, 0.717) is 10.8 Å². The molecule has 3 aromatic rings. The van der Waals surface area contributed by atoms with Gasteiger partial charge in [0.05, 0.1) is 5.69 Å². The molecule has 6 nitrogen and oxygen atoms in total. The van der Waals surface area contributed by atoms with Gasteiger partial charge >= 0.3 is 0 Å². The molecule has 1 fully saturated rings. The monoisotopic (exact) mass is 395 g/mol. The smallest absolute Gasteiger partial charge is 0.291 e. The van der Waals surface area contributed by atoms with E-state index in [4.69, 9.17) is 11.6 Å². The Morgan fingerprint density at radius 3 is 2.68 bits per heavy atom. The largest absolute Gasteiger partial charge is 0.345 e. The normalized spacial score (nSPS) is 17.0. The van der Waals surface area contributed by atoms with Crippen molar-refractivity contribution in [3.63, 3.8) is 0 Å². The SMILES string of the molecule is Cc1nc(C(=O)N[C@@H]2CCN(Cc3ccccc3)C2)nn1-c1ccc(Cl)cc1. The second-order valence-electron chi connectivity index (χ2n) is 7.05. The average Bonchev–Trinajstić information content (AvgIpc) is 3.30. The highest BCUT2D eigenvalue weighted by atomic mass is 35.5. The van der Waals surface area contributed by atoms with Gasteiger partial charge in [-0.05, 0) is 43.2 Å². The predicted octanol–water partition coefficient (Wildman–Crippen LogP) is 3.23. The minimum Gasteiger partial charge on any atom is -0.345 e. The Hall–Kier alpha value is -2.70. The standard InChI is InChI=1S/C21H22ClN5O/c1-15-23-20(25-27(15)19-9-7-17(22)8-10-19)21(28)24-18-11-12-26(14-18)13-16-5-3-2-4-6-16/h2-10,18H,11-14H2,1H3,(H,24,28)/t18-/m1/s1. The number of likely N-dealkylation sites (tertiary alicyclic amines) is 1. The quantitative estimate of drug-likeness (QED) is 0.720. The maximum atomic E-state index is 12.6. The second kappa shape index (κ2) is 8.12. The van der Waals surface area contributed by atoms with Crippen molar-refractivity contribution in [2.75, 3.05) is 13.1 Å². The first-order valence-electron chi connectivity index (χ1n) is 9.35. The molecule has 0 saturated carbocycles. The van der Waals surface area contributed by atoms with Crippen molar-refractivity contribution in [3.05, 3.63) is 76.8 Å². The topological polar surface area (TPSA) is 63.1 Å². The molecular weight excluding hydrogens is 374 g/mol. The molecule has 1 N–H and O–H groups in total. The number of aryl methyl sites for hydroxylation is 1. The summed E-state index contributed by atoms with van der Waals surface area (Å²) in [6.45, 7) is 4.52. The molecule has 0 radical (unpaired) electrons. The highest BCUT2D eigenvalue weighted by Crippen LogP contribution is 2.16. The number of carbonyl (C=O) groups is 1. The van der Waals surface area contributed by atoms with Gasteiger partial charge in [-0.3, -0.25) is 9.69 Å². The van der Waals surface area contributed by atoms with Crippen LogP contribution in [0.2, 0.25) is 5.02 Å². The lowest BCUT2D eigenvalue weighted by Crippen LogP contribution is -2.37. The molecule has 7 heteroatoms. The van der Waals surface area contributed by atoms with Crippen molar-refractivity contribution in [2.45, 2.75) is 25.9 Å². The van der Waals surface area contributed by atoms with Crippen LogP contribution in [-0.2, 0) is 6.54 Å². The van der Waals surface area contributed by atoms with E-state index < -0.39 is 0 Å². The van der Waals surface area contributed by atoms with Crippen LogP contribution in [0.1, 0.15) is 28.4 Å². The summed E-state index contributed by atoms with van der Waals surface area (Å²) in [5.41, 5.74) is 2.11. The van der Waals surface area contributed by atoms with Gasteiger partial charge in [0.15, 0.2) is 0 Å². The minimum atomic E-state index is -0.234. The second-order valence-corrected chi connectivity index (χ2v) is 7.49. The number of hydrogen-bond donors (Lipinski definition) is 1. The van der Waals surface area contributed by atoms with E-state index >= 15 is 0 Å². The van der Waals surface area contributed by atoms with Gasteiger partial charge in [-0.25, -0.2) is 9.67 Å². The average molecular weight is 396 g/mol. The lowest BCUT2D eigenvalue weighted by Gasteiger charge is -2.16. The number of nitrogens with one attached hydrogen (secondary N) is 1. The Kier molecular flexibility index (Phi) is 5.41. The number of aromatic nitrogens is 3. The molecule has 1 atom stereocenters. The van der Waals surface area contributed by atoms with E-state index in [-0.39, 0.29) is 17.8 Å². The minimum absolute atomic E-state index is 0.110. The van der Waals surface area contributed by atoms with Crippen LogP contribution in [0.4, 0.5) is 0 Å². The van der Waals surface area contributed by atoms with Crippen LogP contribution in [0.3, 0.4) is 0 Å². The van der Waals surface area contributed by atoms with Crippen LogP contribution in [0, 0.1) is 6.92 Å². The number of nitrogens with zero attached hydrogens (tertiary/aromatic N) is 4. The summed E-state index contributed by atoms with van der Waals surface area (Å²) in [6.07, 6.45) is 0.926. The molecule has 1 aliphatic heterocycles. The summed E-state index contributed by atoms with van der Waals surface area (Å²) >= 11 is 5.94. The van der Waals surface area contributed by atoms with Crippen LogP contribution in [0.5, 0.6) is 0 Å². The number of halogens is 1. The molecule has 2 heterocycles. The van der Waals surface area contributed by atoms with Gasteiger partial charge in [0.1, 0.15) is 5.82 Å². The number of carbonyl (C=O) groups excluding carboxylic acids is 1. The maximum Gasteiger partial charge on any atom is 0.291 e. The van der Waals surface area contributed by atoms with Gasteiger partial charge < -0.3 is 5.32 Å². The van der Waals surface area contributed by atoms with Crippen LogP contribution in [0.15, 0.2) is 54.6 Å². The summed E-state index contributed by atoms with van der Waals surface area (Å²) in [5.74, 6) is 0.612. The Balaban J connectivity index is 1.38. The van der Waals surface area contributed by atoms with Crippen molar-refractivity contribution in [2.24, 2.45) is 0 Å². The predicted molar refractivity (Wildman–Crippen MR) is 109 cm³/mol. The fourth-order valence-corrected chi connectivity index (χ4v) is 3.62. The molecule has 0 spiro atoms. The molecule has 1 aliphatic rings. The Morgan fingerprint density at radius 2 is 1.93 bits per heavy atom. The maximum absolute atomic E-state index is 12.6. The van der Waals surface area contributed by atoms with E-state index in [1.807, 2.05) is 25.1 Å². The zero-order valence-electron chi connectivity index (χ0n) is 15.7. The molecule has 28 heavy (non-hydrogen) atoms. The third-order valence-corrected chi connectivity index (χ3v) is 5.15. The first-order valence-corrected chi connectivity index (χ1v) is 9.73. The Bertz CT molecular complexity index is 955. The molecule has 1 saturated heterocycles. The molecular formula is C21H22ClN5O. The number of hydrogen-bond acceptors (Lipinski definition) is 4. The van der Waals surface area contributed by atoms with Gasteiger partial charge in [-0.15, -0.1) is 5.10 Å². The summed E-state index contributed by atoms with van der Waals surface area (Å²) < 4.78 is 1.65. The van der Waals surface area contributed by atoms with Gasteiger partial charge in [0.2, 0.25) is 5.82 Å². The molecule has 0 aliphatic carbocycles. The molecule has 1 aromatic heterocycles. The highest BCUT2D eigenvalue weighted by Gasteiger charge is 2.26.